The van der Waals surface area contributed by atoms with Crippen LogP contribution in [0.4, 0.5) is 10.5 Å². The fourth-order valence-electron chi connectivity index (χ4n) is 2.97. The summed E-state index contributed by atoms with van der Waals surface area (Å²) < 4.78 is 0. The van der Waals surface area contributed by atoms with Gasteiger partial charge in [0.05, 0.1) is 16.9 Å². The molecule has 1 spiro atoms. The zero-order valence-electron chi connectivity index (χ0n) is 11.2. The first-order chi connectivity index (χ1) is 9.21. The molecule has 1 aromatic rings. The van der Waals surface area contributed by atoms with Crippen LogP contribution in [0.3, 0.4) is 0 Å². The number of pyridine rings is 1. The van der Waals surface area contributed by atoms with Gasteiger partial charge in [0.15, 0.2) is 0 Å². The molecule has 0 unspecified atom stereocenters. The number of hydrogen-bond acceptors (Lipinski definition) is 3. The van der Waals surface area contributed by atoms with Crippen molar-refractivity contribution in [3.63, 3.8) is 0 Å². The number of thioether (sulfide) groups is 1. The Morgan fingerprint density at radius 1 is 1.42 bits per heavy atom. The Bertz CT molecular complexity index is 470. The minimum atomic E-state index is 0.0162. The summed E-state index contributed by atoms with van der Waals surface area (Å²) in [6.45, 7) is 1.82. The molecular formula is C14H19N3OS. The van der Waals surface area contributed by atoms with Crippen LogP contribution in [-0.2, 0) is 0 Å². The first-order valence-corrected chi connectivity index (χ1v) is 7.99. The summed E-state index contributed by atoms with van der Waals surface area (Å²) in [5.74, 6) is 0. The topological polar surface area (TPSA) is 45.2 Å². The van der Waals surface area contributed by atoms with E-state index in [0.29, 0.717) is 5.41 Å². The molecule has 19 heavy (non-hydrogen) atoms. The van der Waals surface area contributed by atoms with Gasteiger partial charge in [-0.2, -0.15) is 0 Å². The van der Waals surface area contributed by atoms with E-state index >= 15 is 0 Å². The lowest BCUT2D eigenvalue weighted by Crippen LogP contribution is -2.37. The van der Waals surface area contributed by atoms with Crippen LogP contribution < -0.4 is 5.32 Å². The third-order valence-electron chi connectivity index (χ3n) is 4.34. The van der Waals surface area contributed by atoms with Gasteiger partial charge in [0.1, 0.15) is 0 Å². The summed E-state index contributed by atoms with van der Waals surface area (Å²) in [7, 11) is 0. The third kappa shape index (κ3) is 2.56. The molecular weight excluding hydrogens is 258 g/mol. The molecule has 0 atom stereocenters. The standard InChI is InChI=1S/C14H19N3OS/c1-19-12-4-3-11(9-15-12)16-13(18)17-8-7-14(10-17)5-2-6-14/h3-4,9H,2,5-8,10H2,1H3,(H,16,18). The molecule has 4 nitrogen and oxygen atoms in total. The number of nitrogens with zero attached hydrogens (tertiary/aromatic N) is 2. The van der Waals surface area contributed by atoms with Gasteiger partial charge in [-0.3, -0.25) is 0 Å². The van der Waals surface area contributed by atoms with Gasteiger partial charge in [0.25, 0.3) is 0 Å². The maximum absolute atomic E-state index is 12.2. The second-order valence-electron chi connectivity index (χ2n) is 5.54. The minimum Gasteiger partial charge on any atom is -0.324 e. The van der Waals surface area contributed by atoms with Crippen molar-refractivity contribution >= 4 is 23.5 Å². The van der Waals surface area contributed by atoms with E-state index in [9.17, 15) is 4.79 Å². The number of hydrogen-bond donors (Lipinski definition) is 1. The van der Waals surface area contributed by atoms with Gasteiger partial charge in [-0.15, -0.1) is 11.8 Å². The molecule has 1 aliphatic heterocycles. The lowest BCUT2D eigenvalue weighted by Gasteiger charge is -2.37. The summed E-state index contributed by atoms with van der Waals surface area (Å²) >= 11 is 1.60. The number of rotatable bonds is 2. The van der Waals surface area contributed by atoms with Crippen molar-refractivity contribution in [2.24, 2.45) is 5.41 Å². The van der Waals surface area contributed by atoms with Crippen molar-refractivity contribution in [3.05, 3.63) is 18.3 Å². The number of carbonyl (C=O) groups excluding carboxylic acids is 1. The Morgan fingerprint density at radius 2 is 2.26 bits per heavy atom. The van der Waals surface area contributed by atoms with Gasteiger partial charge in [-0.1, -0.05) is 6.42 Å². The Hall–Kier alpha value is -1.23. The summed E-state index contributed by atoms with van der Waals surface area (Å²) in [6.07, 6.45) is 8.79. The Kier molecular flexibility index (Phi) is 3.39. The molecule has 2 aliphatic rings. The zero-order valence-corrected chi connectivity index (χ0v) is 12.0. The summed E-state index contributed by atoms with van der Waals surface area (Å²) in [5.41, 5.74) is 1.23. The van der Waals surface area contributed by atoms with Crippen molar-refractivity contribution in [3.8, 4) is 0 Å². The number of anilines is 1. The van der Waals surface area contributed by atoms with Crippen LogP contribution >= 0.6 is 11.8 Å². The van der Waals surface area contributed by atoms with E-state index in [0.717, 1.165) is 23.8 Å². The van der Waals surface area contributed by atoms with E-state index in [2.05, 4.69) is 10.3 Å². The van der Waals surface area contributed by atoms with Crippen LogP contribution in [0.5, 0.6) is 0 Å². The first-order valence-electron chi connectivity index (χ1n) is 6.77. The number of likely N-dealkylation sites (tertiary alicyclic amines) is 1. The fourth-order valence-corrected chi connectivity index (χ4v) is 3.33. The van der Waals surface area contributed by atoms with Crippen LogP contribution in [-0.4, -0.2) is 35.3 Å². The normalized spacial score (nSPS) is 20.4. The predicted octanol–water partition coefficient (Wildman–Crippen LogP) is 3.21. The molecule has 2 heterocycles. The van der Waals surface area contributed by atoms with Crippen molar-refractivity contribution < 1.29 is 4.79 Å². The molecule has 102 valence electrons. The van der Waals surface area contributed by atoms with Gasteiger partial charge in [0.2, 0.25) is 0 Å². The Morgan fingerprint density at radius 3 is 2.79 bits per heavy atom. The summed E-state index contributed by atoms with van der Waals surface area (Å²) in [4.78, 5) is 18.4. The summed E-state index contributed by atoms with van der Waals surface area (Å²) in [5, 5.41) is 3.90. The van der Waals surface area contributed by atoms with Crippen LogP contribution in [0.15, 0.2) is 23.4 Å². The van der Waals surface area contributed by atoms with Gasteiger partial charge < -0.3 is 10.2 Å². The smallest absolute Gasteiger partial charge is 0.321 e. The highest BCUT2D eigenvalue weighted by molar-refractivity contribution is 7.98. The first kappa shape index (κ1) is 12.8. The number of nitrogens with one attached hydrogen (secondary N) is 1. The van der Waals surface area contributed by atoms with Crippen LogP contribution in [0.1, 0.15) is 25.7 Å². The highest BCUT2D eigenvalue weighted by Crippen LogP contribution is 2.47. The van der Waals surface area contributed by atoms with Crippen LogP contribution in [0, 0.1) is 5.41 Å². The lowest BCUT2D eigenvalue weighted by atomic mass is 9.68. The maximum Gasteiger partial charge on any atom is 0.321 e. The molecule has 0 radical (unpaired) electrons. The highest BCUT2D eigenvalue weighted by Gasteiger charge is 2.44. The molecule has 1 aromatic heterocycles. The largest absolute Gasteiger partial charge is 0.324 e. The molecule has 0 bridgehead atoms. The van der Waals surface area contributed by atoms with E-state index in [1.807, 2.05) is 23.3 Å². The SMILES string of the molecule is CSc1ccc(NC(=O)N2CCC3(CCC3)C2)cn1. The molecule has 1 saturated carbocycles. The molecule has 2 amide bonds. The van der Waals surface area contributed by atoms with Crippen LogP contribution in [0.2, 0.25) is 0 Å². The second-order valence-corrected chi connectivity index (χ2v) is 6.37. The fraction of sp³-hybridized carbons (Fsp3) is 0.571. The highest BCUT2D eigenvalue weighted by atomic mass is 32.2. The molecule has 1 N–H and O–H groups in total. The maximum atomic E-state index is 12.2. The quantitative estimate of drug-likeness (QED) is 0.844. The average molecular weight is 277 g/mol. The predicted molar refractivity (Wildman–Crippen MR) is 77.5 cm³/mol. The van der Waals surface area contributed by atoms with E-state index in [1.165, 1.54) is 25.7 Å². The van der Waals surface area contributed by atoms with Gasteiger partial charge in [0, 0.05) is 13.1 Å². The third-order valence-corrected chi connectivity index (χ3v) is 5.00. The minimum absolute atomic E-state index is 0.0162. The number of carbonyl (C=O) groups is 1. The molecule has 1 aliphatic carbocycles. The Labute approximate surface area is 118 Å². The van der Waals surface area contributed by atoms with Crippen molar-refractivity contribution in [1.82, 2.24) is 9.88 Å². The molecule has 1 saturated heterocycles. The molecule has 2 fully saturated rings. The molecule has 3 rings (SSSR count). The second kappa shape index (κ2) is 5.04. The number of aromatic nitrogens is 1. The number of amides is 2. The van der Waals surface area contributed by atoms with E-state index < -0.39 is 0 Å². The summed E-state index contributed by atoms with van der Waals surface area (Å²) in [6, 6.07) is 3.85. The Balaban J connectivity index is 1.58. The van der Waals surface area contributed by atoms with E-state index in [-0.39, 0.29) is 6.03 Å². The molecule has 5 heteroatoms. The number of urea groups is 1. The molecule has 0 aromatic carbocycles. The van der Waals surface area contributed by atoms with Crippen molar-refractivity contribution in [2.45, 2.75) is 30.7 Å². The van der Waals surface area contributed by atoms with Crippen LogP contribution in [0.25, 0.3) is 0 Å². The van der Waals surface area contributed by atoms with E-state index in [1.54, 1.807) is 18.0 Å². The van der Waals surface area contributed by atoms with Gasteiger partial charge in [-0.25, -0.2) is 9.78 Å². The zero-order chi connectivity index (χ0) is 13.3. The lowest BCUT2D eigenvalue weighted by molar-refractivity contribution is 0.144. The van der Waals surface area contributed by atoms with Crippen molar-refractivity contribution in [1.29, 1.82) is 0 Å². The van der Waals surface area contributed by atoms with E-state index in [4.69, 9.17) is 0 Å². The van der Waals surface area contributed by atoms with Gasteiger partial charge in [-0.05, 0) is 43.1 Å². The average Bonchev–Trinajstić information content (AvgIpc) is 2.85. The monoisotopic (exact) mass is 277 g/mol. The van der Waals surface area contributed by atoms with Gasteiger partial charge >= 0.3 is 6.03 Å². The van der Waals surface area contributed by atoms with Crippen molar-refractivity contribution in [2.75, 3.05) is 24.7 Å².